The summed E-state index contributed by atoms with van der Waals surface area (Å²) in [7, 11) is -4.31. The van der Waals surface area contributed by atoms with Gasteiger partial charge in [-0.25, -0.2) is 8.42 Å². The summed E-state index contributed by atoms with van der Waals surface area (Å²) in [4.78, 5) is 12.3. The summed E-state index contributed by atoms with van der Waals surface area (Å²) < 4.78 is 37.2. The molecule has 0 aliphatic rings. The molecular formula is C18H20NNaO5S. The molecule has 0 aliphatic carbocycles. The quantitative estimate of drug-likeness (QED) is 0.249. The van der Waals surface area contributed by atoms with Crippen molar-refractivity contribution in [2.24, 2.45) is 5.73 Å². The number of ether oxygens (including phenoxy) is 1. The molecule has 0 bridgehead atoms. The van der Waals surface area contributed by atoms with Gasteiger partial charge in [-0.15, -0.1) is 0 Å². The second-order valence-electron chi connectivity index (χ2n) is 5.72. The van der Waals surface area contributed by atoms with Crippen molar-refractivity contribution in [2.45, 2.75) is 19.1 Å². The predicted molar refractivity (Wildman–Crippen MR) is 93.1 cm³/mol. The first-order chi connectivity index (χ1) is 11.8. The molecule has 0 radical (unpaired) electrons. The molecule has 1 unspecified atom stereocenters. The van der Waals surface area contributed by atoms with Crippen molar-refractivity contribution < 1.29 is 52.1 Å². The maximum absolute atomic E-state index is 12.3. The number of ketones is 1. The summed E-state index contributed by atoms with van der Waals surface area (Å²) in [6.07, 6.45) is 0.284. The molecule has 0 heterocycles. The molecule has 0 amide bonds. The molecule has 0 aromatic heterocycles. The van der Waals surface area contributed by atoms with Gasteiger partial charge in [-0.2, -0.15) is 0 Å². The Morgan fingerprint density at radius 1 is 1.04 bits per heavy atom. The molecule has 2 aromatic rings. The van der Waals surface area contributed by atoms with Crippen LogP contribution < -0.4 is 35.3 Å². The van der Waals surface area contributed by atoms with Crippen LogP contribution in [-0.4, -0.2) is 37.2 Å². The Hall–Kier alpha value is -1.06. The second-order valence-corrected chi connectivity index (χ2v) is 7.17. The summed E-state index contributed by atoms with van der Waals surface area (Å²) in [5.74, 6) is -0.634. The number of carbonyl (C=O) groups is 1. The van der Waals surface area contributed by atoms with Crippen molar-refractivity contribution in [1.29, 1.82) is 0 Å². The smallest absolute Gasteiger partial charge is 0.748 e. The van der Waals surface area contributed by atoms with E-state index in [0.717, 1.165) is 5.56 Å². The number of carbonyl (C=O) groups excluding carboxylic acids is 1. The van der Waals surface area contributed by atoms with Crippen molar-refractivity contribution in [3.8, 4) is 0 Å². The fourth-order valence-electron chi connectivity index (χ4n) is 2.28. The summed E-state index contributed by atoms with van der Waals surface area (Å²) in [5, 5.41) is 0. The first-order valence-electron chi connectivity index (χ1n) is 7.81. The Morgan fingerprint density at radius 2 is 1.62 bits per heavy atom. The Labute approximate surface area is 175 Å². The summed E-state index contributed by atoms with van der Waals surface area (Å²) in [6.45, 7) is 0.567. The van der Waals surface area contributed by atoms with Crippen LogP contribution in [0.5, 0.6) is 0 Å². The standard InChI is InChI=1S/C18H21NO5S.Na/c19-17(13-25(21,22)23)10-11-24-12-14-6-8-16(9-7-14)18(20)15-4-2-1-3-5-15;/h1-9,17H,10-13,19H2,(H,21,22,23);/q;+1/p-1. The molecule has 0 aliphatic heterocycles. The fourth-order valence-corrected chi connectivity index (χ4v) is 2.97. The van der Waals surface area contributed by atoms with Crippen molar-refractivity contribution in [3.63, 3.8) is 0 Å². The van der Waals surface area contributed by atoms with Crippen LogP contribution in [0.2, 0.25) is 0 Å². The van der Waals surface area contributed by atoms with Crippen LogP contribution in [0.1, 0.15) is 27.9 Å². The van der Waals surface area contributed by atoms with Crippen molar-refractivity contribution in [3.05, 3.63) is 71.3 Å². The van der Waals surface area contributed by atoms with Gasteiger partial charge in [0.15, 0.2) is 5.78 Å². The van der Waals surface area contributed by atoms with Crippen LogP contribution in [0.3, 0.4) is 0 Å². The van der Waals surface area contributed by atoms with Crippen molar-refractivity contribution >= 4 is 15.9 Å². The first kappa shape index (κ1) is 23.0. The van der Waals surface area contributed by atoms with Gasteiger partial charge in [0.2, 0.25) is 0 Å². The molecule has 0 spiro atoms. The second kappa shape index (κ2) is 10.9. The van der Waals surface area contributed by atoms with E-state index in [1.807, 2.05) is 18.2 Å². The Kier molecular flexibility index (Phi) is 9.67. The zero-order chi connectivity index (χ0) is 18.3. The minimum atomic E-state index is -4.31. The molecule has 6 nitrogen and oxygen atoms in total. The molecule has 2 rings (SSSR count). The minimum absolute atomic E-state index is 0. The van der Waals surface area contributed by atoms with Crippen LogP contribution in [0.25, 0.3) is 0 Å². The van der Waals surface area contributed by atoms with Gasteiger partial charge in [-0.3, -0.25) is 4.79 Å². The van der Waals surface area contributed by atoms with Gasteiger partial charge in [0.25, 0.3) is 0 Å². The van der Waals surface area contributed by atoms with E-state index in [0.29, 0.717) is 17.7 Å². The number of benzene rings is 2. The number of hydrogen-bond donors (Lipinski definition) is 1. The van der Waals surface area contributed by atoms with E-state index in [4.69, 9.17) is 10.5 Å². The summed E-state index contributed by atoms with van der Waals surface area (Å²) >= 11 is 0. The van der Waals surface area contributed by atoms with E-state index < -0.39 is 21.9 Å². The van der Waals surface area contributed by atoms with Gasteiger partial charge in [0.05, 0.1) is 22.5 Å². The number of rotatable bonds is 9. The predicted octanol–water partition coefficient (Wildman–Crippen LogP) is -1.30. The van der Waals surface area contributed by atoms with Gasteiger partial charge in [0, 0.05) is 23.8 Å². The monoisotopic (exact) mass is 385 g/mol. The van der Waals surface area contributed by atoms with Crippen LogP contribution in [-0.2, 0) is 21.5 Å². The van der Waals surface area contributed by atoms with E-state index in [2.05, 4.69) is 0 Å². The van der Waals surface area contributed by atoms with Crippen LogP contribution in [0.15, 0.2) is 54.6 Å². The fraction of sp³-hybridized carbons (Fsp3) is 0.278. The van der Waals surface area contributed by atoms with E-state index in [1.165, 1.54) is 0 Å². The van der Waals surface area contributed by atoms with E-state index >= 15 is 0 Å². The van der Waals surface area contributed by atoms with Crippen molar-refractivity contribution in [2.75, 3.05) is 12.4 Å². The Bertz CT molecular complexity index is 794. The Balaban J connectivity index is 0.00000338. The van der Waals surface area contributed by atoms with Crippen LogP contribution >= 0.6 is 0 Å². The summed E-state index contributed by atoms with van der Waals surface area (Å²) in [5.41, 5.74) is 7.66. The molecule has 134 valence electrons. The molecular weight excluding hydrogens is 365 g/mol. The largest absolute Gasteiger partial charge is 1.00 e. The van der Waals surface area contributed by atoms with Gasteiger partial charge in [0.1, 0.15) is 0 Å². The topological polar surface area (TPSA) is 110 Å². The molecule has 26 heavy (non-hydrogen) atoms. The maximum Gasteiger partial charge on any atom is 1.00 e. The zero-order valence-corrected chi connectivity index (χ0v) is 17.4. The van der Waals surface area contributed by atoms with E-state index in [9.17, 15) is 17.8 Å². The van der Waals surface area contributed by atoms with E-state index in [-0.39, 0.29) is 48.4 Å². The minimum Gasteiger partial charge on any atom is -0.748 e. The average molecular weight is 385 g/mol. The SMILES string of the molecule is NC(CCOCc1ccc(C(=O)c2ccccc2)cc1)CS(=O)(=O)[O-].[Na+]. The molecule has 1 atom stereocenters. The third-order valence-electron chi connectivity index (χ3n) is 3.57. The Morgan fingerprint density at radius 3 is 2.19 bits per heavy atom. The first-order valence-corrected chi connectivity index (χ1v) is 9.38. The summed E-state index contributed by atoms with van der Waals surface area (Å²) in [6, 6.07) is 15.4. The third-order valence-corrected chi connectivity index (χ3v) is 4.41. The van der Waals surface area contributed by atoms with Gasteiger partial charge < -0.3 is 15.0 Å². The average Bonchev–Trinajstić information content (AvgIpc) is 2.58. The zero-order valence-electron chi connectivity index (χ0n) is 14.6. The number of hydrogen-bond acceptors (Lipinski definition) is 6. The molecule has 0 saturated carbocycles. The van der Waals surface area contributed by atoms with Crippen LogP contribution in [0.4, 0.5) is 0 Å². The maximum atomic E-state index is 12.3. The van der Waals surface area contributed by atoms with Gasteiger partial charge >= 0.3 is 29.6 Å². The third kappa shape index (κ3) is 8.09. The molecule has 8 heteroatoms. The molecule has 2 N–H and O–H groups in total. The van der Waals surface area contributed by atoms with Gasteiger partial charge in [-0.05, 0) is 12.0 Å². The van der Waals surface area contributed by atoms with Crippen LogP contribution in [0, 0.1) is 0 Å². The van der Waals surface area contributed by atoms with Gasteiger partial charge in [-0.1, -0.05) is 54.6 Å². The number of nitrogens with two attached hydrogens (primary N) is 1. The molecule has 0 fully saturated rings. The molecule has 2 aromatic carbocycles. The normalized spacial score (nSPS) is 12.2. The van der Waals surface area contributed by atoms with Crippen molar-refractivity contribution in [1.82, 2.24) is 0 Å². The van der Waals surface area contributed by atoms with E-state index in [1.54, 1.807) is 36.4 Å². The molecule has 0 saturated heterocycles.